The lowest BCUT2D eigenvalue weighted by Crippen LogP contribution is -2.34. The monoisotopic (exact) mass is 368 g/mol. The number of rotatable bonds is 3. The summed E-state index contributed by atoms with van der Waals surface area (Å²) in [6.07, 6.45) is 2.61. The van der Waals surface area contributed by atoms with Crippen molar-refractivity contribution in [3.05, 3.63) is 46.7 Å². The first-order chi connectivity index (χ1) is 11.0. The summed E-state index contributed by atoms with van der Waals surface area (Å²) in [5.74, 6) is 0.423. The second-order valence-corrected chi connectivity index (χ2v) is 6.61. The van der Waals surface area contributed by atoms with E-state index >= 15 is 0 Å². The molecule has 0 radical (unpaired) electrons. The molecule has 1 saturated heterocycles. The largest absolute Gasteiger partial charge is 0.335 e. The fourth-order valence-electron chi connectivity index (χ4n) is 3.21. The lowest BCUT2D eigenvalue weighted by atomic mass is 10.1. The number of benzene rings is 1. The molecule has 2 aromatic rings. The third-order valence-corrected chi connectivity index (χ3v) is 4.82. The van der Waals surface area contributed by atoms with E-state index in [1.54, 1.807) is 10.9 Å². The maximum absolute atomic E-state index is 12.8. The van der Waals surface area contributed by atoms with Crippen LogP contribution in [0.15, 0.2) is 30.5 Å². The first kappa shape index (κ1) is 18.8. The number of nitrogens with zero attached hydrogens (tertiary/aromatic N) is 3. The van der Waals surface area contributed by atoms with Crippen molar-refractivity contribution < 1.29 is 4.79 Å². The van der Waals surface area contributed by atoms with Crippen LogP contribution in [-0.2, 0) is 0 Å². The molecule has 1 amide bonds. The van der Waals surface area contributed by atoms with Gasteiger partial charge < -0.3 is 10.6 Å². The molecule has 3 rings (SSSR count). The maximum atomic E-state index is 12.8. The number of carbonyl (C=O) groups is 1. The molecular weight excluding hydrogens is 347 g/mol. The number of halogens is 2. The Hall–Kier alpha value is -1.56. The third kappa shape index (κ3) is 3.43. The summed E-state index contributed by atoms with van der Waals surface area (Å²) in [7, 11) is 0. The van der Waals surface area contributed by atoms with Crippen molar-refractivity contribution in [3.8, 4) is 5.69 Å². The van der Waals surface area contributed by atoms with E-state index in [0.29, 0.717) is 23.0 Å². The number of carbonyl (C=O) groups excluding carboxylic acids is 1. The van der Waals surface area contributed by atoms with Gasteiger partial charge in [0.15, 0.2) is 0 Å². The maximum Gasteiger partial charge on any atom is 0.257 e. The van der Waals surface area contributed by atoms with Gasteiger partial charge in [-0.15, -0.1) is 12.4 Å². The summed E-state index contributed by atoms with van der Waals surface area (Å²) >= 11 is 5.92. The average molecular weight is 369 g/mol. The van der Waals surface area contributed by atoms with Crippen LogP contribution in [0.3, 0.4) is 0 Å². The molecule has 2 heterocycles. The molecule has 1 aliphatic rings. The zero-order chi connectivity index (χ0) is 16.6. The molecule has 0 spiro atoms. The molecule has 2 unspecified atom stereocenters. The number of aromatic nitrogens is 2. The molecule has 2 atom stereocenters. The van der Waals surface area contributed by atoms with Crippen molar-refractivity contribution in [1.82, 2.24) is 14.7 Å². The van der Waals surface area contributed by atoms with Crippen LogP contribution in [0.4, 0.5) is 0 Å². The lowest BCUT2D eigenvalue weighted by molar-refractivity contribution is 0.0742. The zero-order valence-electron chi connectivity index (χ0n) is 13.8. The van der Waals surface area contributed by atoms with Crippen LogP contribution in [0.1, 0.15) is 29.4 Å². The normalized spacial score (nSPS) is 20.1. The first-order valence-corrected chi connectivity index (χ1v) is 8.20. The van der Waals surface area contributed by atoms with Gasteiger partial charge in [-0.2, -0.15) is 5.10 Å². The van der Waals surface area contributed by atoms with E-state index in [4.69, 9.17) is 17.3 Å². The van der Waals surface area contributed by atoms with Gasteiger partial charge in [-0.05, 0) is 57.0 Å². The SMILES string of the molecule is Cc1c(C(=O)N2CC(CN)CC2C)cnn1-c1ccc(Cl)cc1.Cl. The first-order valence-electron chi connectivity index (χ1n) is 7.83. The molecule has 130 valence electrons. The molecule has 1 fully saturated rings. The number of hydrogen-bond acceptors (Lipinski definition) is 3. The quantitative estimate of drug-likeness (QED) is 0.905. The van der Waals surface area contributed by atoms with Gasteiger partial charge in [0.2, 0.25) is 0 Å². The molecular formula is C17H22Cl2N4O. The Morgan fingerprint density at radius 3 is 2.62 bits per heavy atom. The van der Waals surface area contributed by atoms with Gasteiger partial charge in [-0.25, -0.2) is 4.68 Å². The van der Waals surface area contributed by atoms with Gasteiger partial charge in [0.25, 0.3) is 5.91 Å². The highest BCUT2D eigenvalue weighted by Gasteiger charge is 2.33. The van der Waals surface area contributed by atoms with Crippen molar-refractivity contribution in [1.29, 1.82) is 0 Å². The topological polar surface area (TPSA) is 64.2 Å². The van der Waals surface area contributed by atoms with Crippen molar-refractivity contribution in [2.75, 3.05) is 13.1 Å². The van der Waals surface area contributed by atoms with Crippen molar-refractivity contribution in [3.63, 3.8) is 0 Å². The molecule has 0 saturated carbocycles. The standard InChI is InChI=1S/C17H21ClN4O.ClH/c1-11-7-13(8-19)10-21(11)17(23)16-9-20-22(12(16)2)15-5-3-14(18)4-6-15;/h3-6,9,11,13H,7-8,10,19H2,1-2H3;1H. The van der Waals surface area contributed by atoms with Gasteiger partial charge in [-0.1, -0.05) is 11.6 Å². The molecule has 2 N–H and O–H groups in total. The fraction of sp³-hybridized carbons (Fsp3) is 0.412. The van der Waals surface area contributed by atoms with Crippen LogP contribution in [0.5, 0.6) is 0 Å². The van der Waals surface area contributed by atoms with E-state index in [2.05, 4.69) is 12.0 Å². The van der Waals surface area contributed by atoms with Crippen LogP contribution < -0.4 is 5.73 Å². The summed E-state index contributed by atoms with van der Waals surface area (Å²) in [6.45, 7) is 5.34. The highest BCUT2D eigenvalue weighted by atomic mass is 35.5. The minimum atomic E-state index is 0. The Kier molecular flexibility index (Phi) is 5.91. The van der Waals surface area contributed by atoms with E-state index in [1.807, 2.05) is 36.1 Å². The Morgan fingerprint density at radius 1 is 1.38 bits per heavy atom. The van der Waals surface area contributed by atoms with E-state index < -0.39 is 0 Å². The van der Waals surface area contributed by atoms with Crippen LogP contribution in [0, 0.1) is 12.8 Å². The van der Waals surface area contributed by atoms with Gasteiger partial charge in [0, 0.05) is 17.6 Å². The van der Waals surface area contributed by atoms with E-state index in [1.165, 1.54) is 0 Å². The van der Waals surface area contributed by atoms with Crippen molar-refractivity contribution in [2.45, 2.75) is 26.3 Å². The molecule has 0 aliphatic carbocycles. The minimum Gasteiger partial charge on any atom is -0.335 e. The molecule has 0 bridgehead atoms. The summed E-state index contributed by atoms with van der Waals surface area (Å²) in [4.78, 5) is 14.8. The predicted octanol–water partition coefficient (Wildman–Crippen LogP) is 3.07. The van der Waals surface area contributed by atoms with Gasteiger partial charge in [-0.3, -0.25) is 4.79 Å². The Labute approximate surface area is 153 Å². The smallest absolute Gasteiger partial charge is 0.257 e. The second kappa shape index (κ2) is 7.55. The highest BCUT2D eigenvalue weighted by Crippen LogP contribution is 2.25. The van der Waals surface area contributed by atoms with Gasteiger partial charge in [0.1, 0.15) is 0 Å². The van der Waals surface area contributed by atoms with Gasteiger partial charge in [0.05, 0.1) is 23.1 Å². The van der Waals surface area contributed by atoms with Crippen LogP contribution >= 0.6 is 24.0 Å². The number of likely N-dealkylation sites (tertiary alicyclic amines) is 1. The molecule has 5 nitrogen and oxygen atoms in total. The molecule has 1 aliphatic heterocycles. The van der Waals surface area contributed by atoms with Crippen LogP contribution in [0.2, 0.25) is 5.02 Å². The predicted molar refractivity (Wildman–Crippen MR) is 98.2 cm³/mol. The lowest BCUT2D eigenvalue weighted by Gasteiger charge is -2.21. The number of amides is 1. The molecule has 1 aromatic heterocycles. The summed E-state index contributed by atoms with van der Waals surface area (Å²) in [5, 5.41) is 5.05. The average Bonchev–Trinajstić information content (AvgIpc) is 3.10. The Morgan fingerprint density at radius 2 is 2.04 bits per heavy atom. The van der Waals surface area contributed by atoms with Crippen molar-refractivity contribution >= 4 is 29.9 Å². The second-order valence-electron chi connectivity index (χ2n) is 6.18. The zero-order valence-corrected chi connectivity index (χ0v) is 15.3. The van der Waals surface area contributed by atoms with E-state index in [0.717, 1.165) is 24.3 Å². The highest BCUT2D eigenvalue weighted by molar-refractivity contribution is 6.30. The van der Waals surface area contributed by atoms with E-state index in [-0.39, 0.29) is 24.4 Å². The van der Waals surface area contributed by atoms with Crippen molar-refractivity contribution in [2.24, 2.45) is 11.7 Å². The molecule has 7 heteroatoms. The van der Waals surface area contributed by atoms with Crippen LogP contribution in [0.25, 0.3) is 5.69 Å². The molecule has 24 heavy (non-hydrogen) atoms. The summed E-state index contributed by atoms with van der Waals surface area (Å²) < 4.78 is 1.77. The van der Waals surface area contributed by atoms with E-state index in [9.17, 15) is 4.79 Å². The third-order valence-electron chi connectivity index (χ3n) is 4.57. The number of nitrogens with two attached hydrogens (primary N) is 1. The summed E-state index contributed by atoms with van der Waals surface area (Å²) in [5.41, 5.74) is 8.12. The molecule has 1 aromatic carbocycles. The fourth-order valence-corrected chi connectivity index (χ4v) is 3.34. The number of hydrogen-bond donors (Lipinski definition) is 1. The van der Waals surface area contributed by atoms with Crippen LogP contribution in [-0.4, -0.2) is 39.7 Å². The Balaban J connectivity index is 0.00000208. The Bertz CT molecular complexity index is 714. The van der Waals surface area contributed by atoms with Gasteiger partial charge >= 0.3 is 0 Å². The minimum absolute atomic E-state index is 0. The summed E-state index contributed by atoms with van der Waals surface area (Å²) in [6, 6.07) is 7.62.